The van der Waals surface area contributed by atoms with Crippen molar-refractivity contribution in [2.45, 2.75) is 24.6 Å². The second kappa shape index (κ2) is 5.75. The molecule has 0 bridgehead atoms. The number of rotatable bonds is 3. The molecule has 3 rings (SSSR count). The number of benzene rings is 1. The van der Waals surface area contributed by atoms with E-state index in [0.29, 0.717) is 15.2 Å². The Balaban J connectivity index is 1.87. The van der Waals surface area contributed by atoms with Crippen LogP contribution in [0.4, 0.5) is 0 Å². The van der Waals surface area contributed by atoms with E-state index in [9.17, 15) is 10.2 Å². The van der Waals surface area contributed by atoms with Gasteiger partial charge in [0.05, 0.1) is 17.1 Å². The zero-order valence-corrected chi connectivity index (χ0v) is 13.0. The van der Waals surface area contributed by atoms with E-state index in [-0.39, 0.29) is 0 Å². The fourth-order valence-electron chi connectivity index (χ4n) is 2.28. The molecule has 0 spiro atoms. The summed E-state index contributed by atoms with van der Waals surface area (Å²) in [5.41, 5.74) is 0.768. The average Bonchev–Trinajstić information content (AvgIpc) is 2.96. The first kappa shape index (κ1) is 15.1. The molecule has 2 heterocycles. The molecular weight excluding hydrogens is 366 g/mol. The molecule has 0 aliphatic carbocycles. The van der Waals surface area contributed by atoms with Gasteiger partial charge in [-0.25, -0.2) is 0 Å². The van der Waals surface area contributed by atoms with Crippen molar-refractivity contribution in [2.24, 2.45) is 0 Å². The van der Waals surface area contributed by atoms with Gasteiger partial charge in [0, 0.05) is 16.1 Å². The monoisotopic (exact) mass is 377 g/mol. The van der Waals surface area contributed by atoms with Gasteiger partial charge in [-0.3, -0.25) is 0 Å². The summed E-state index contributed by atoms with van der Waals surface area (Å²) in [5, 5.41) is 30.0. The van der Waals surface area contributed by atoms with Gasteiger partial charge in [0.25, 0.3) is 0 Å². The van der Waals surface area contributed by atoms with Crippen LogP contribution in [0.15, 0.2) is 22.8 Å². The SMILES string of the molecule is OC[C@H]1OC(Oc2c[nH]c3cc(Cl)c(Br)cc23)[C@H](O)[C@@H]1O. The largest absolute Gasteiger partial charge is 0.460 e. The lowest BCUT2D eigenvalue weighted by molar-refractivity contribution is -0.115. The Morgan fingerprint density at radius 1 is 1.33 bits per heavy atom. The molecule has 0 radical (unpaired) electrons. The first-order valence-corrected chi connectivity index (χ1v) is 7.43. The Labute approximate surface area is 133 Å². The number of nitrogens with one attached hydrogen (secondary N) is 1. The molecule has 8 heteroatoms. The first-order valence-electron chi connectivity index (χ1n) is 6.26. The van der Waals surface area contributed by atoms with Crippen molar-refractivity contribution >= 4 is 38.4 Å². The standard InChI is InChI=1S/C13H13BrClNO5/c14-6-1-5-8(2-7(6)15)16-3-9(5)20-13-12(19)11(18)10(4-17)21-13/h1-3,10-13,16-19H,4H2/t10-,11-,12-,13?/m1/s1. The summed E-state index contributed by atoms with van der Waals surface area (Å²) in [6.45, 7) is -0.396. The summed E-state index contributed by atoms with van der Waals surface area (Å²) in [5.74, 6) is 0.456. The highest BCUT2D eigenvalue weighted by Gasteiger charge is 2.44. The second-order valence-electron chi connectivity index (χ2n) is 4.79. The van der Waals surface area contributed by atoms with E-state index in [0.717, 1.165) is 10.9 Å². The van der Waals surface area contributed by atoms with Crippen molar-refractivity contribution in [3.63, 3.8) is 0 Å². The molecule has 0 amide bonds. The number of H-pyrrole nitrogens is 1. The van der Waals surface area contributed by atoms with Crippen LogP contribution >= 0.6 is 27.5 Å². The molecular formula is C13H13BrClNO5. The van der Waals surface area contributed by atoms with Gasteiger partial charge in [0.1, 0.15) is 24.1 Å². The molecule has 4 atom stereocenters. The van der Waals surface area contributed by atoms with Gasteiger partial charge in [-0.1, -0.05) is 11.6 Å². The number of hydrogen-bond acceptors (Lipinski definition) is 5. The van der Waals surface area contributed by atoms with Gasteiger partial charge >= 0.3 is 0 Å². The lowest BCUT2D eigenvalue weighted by Crippen LogP contribution is -2.35. The summed E-state index contributed by atoms with van der Waals surface area (Å²) >= 11 is 9.35. The van der Waals surface area contributed by atoms with E-state index in [1.165, 1.54) is 0 Å². The number of aromatic nitrogens is 1. The molecule has 114 valence electrons. The summed E-state index contributed by atoms with van der Waals surface area (Å²) in [6, 6.07) is 3.52. The Bertz CT molecular complexity index is 663. The van der Waals surface area contributed by atoms with Crippen LogP contribution in [0.25, 0.3) is 10.9 Å². The van der Waals surface area contributed by atoms with Gasteiger partial charge in [-0.15, -0.1) is 0 Å². The van der Waals surface area contributed by atoms with Crippen LogP contribution in [0.2, 0.25) is 5.02 Å². The van der Waals surface area contributed by atoms with E-state index in [1.54, 1.807) is 18.3 Å². The molecule has 21 heavy (non-hydrogen) atoms. The molecule has 1 saturated heterocycles. The third kappa shape index (κ3) is 2.65. The maximum atomic E-state index is 9.88. The molecule has 0 saturated carbocycles. The summed E-state index contributed by atoms with van der Waals surface area (Å²) in [4.78, 5) is 3.00. The summed E-state index contributed by atoms with van der Waals surface area (Å²) in [6.07, 6.45) is -2.72. The van der Waals surface area contributed by atoms with E-state index >= 15 is 0 Å². The lowest BCUT2D eigenvalue weighted by atomic mass is 10.1. The van der Waals surface area contributed by atoms with E-state index in [1.807, 2.05) is 0 Å². The maximum absolute atomic E-state index is 9.88. The van der Waals surface area contributed by atoms with Gasteiger partial charge < -0.3 is 29.8 Å². The first-order chi connectivity index (χ1) is 10.0. The smallest absolute Gasteiger partial charge is 0.229 e. The number of aromatic amines is 1. The van der Waals surface area contributed by atoms with Crippen molar-refractivity contribution in [3.8, 4) is 5.75 Å². The fourth-order valence-corrected chi connectivity index (χ4v) is 2.78. The molecule has 6 nitrogen and oxygen atoms in total. The van der Waals surface area contributed by atoms with Gasteiger partial charge in [-0.05, 0) is 28.1 Å². The number of aliphatic hydroxyl groups excluding tert-OH is 3. The lowest BCUT2D eigenvalue weighted by Gasteiger charge is -2.16. The van der Waals surface area contributed by atoms with Crippen LogP contribution in [0.5, 0.6) is 5.75 Å². The number of fused-ring (bicyclic) bond motifs is 1. The van der Waals surface area contributed by atoms with Crippen LogP contribution in [-0.2, 0) is 4.74 Å². The van der Waals surface area contributed by atoms with Gasteiger partial charge in [0.15, 0.2) is 0 Å². The highest BCUT2D eigenvalue weighted by atomic mass is 79.9. The Morgan fingerprint density at radius 2 is 2.10 bits per heavy atom. The highest BCUT2D eigenvalue weighted by molar-refractivity contribution is 9.10. The van der Waals surface area contributed by atoms with Crippen LogP contribution in [0.3, 0.4) is 0 Å². The fraction of sp³-hybridized carbons (Fsp3) is 0.385. The highest BCUT2D eigenvalue weighted by Crippen LogP contribution is 2.35. The summed E-state index contributed by atoms with van der Waals surface area (Å²) < 4.78 is 11.6. The number of ether oxygens (including phenoxy) is 2. The maximum Gasteiger partial charge on any atom is 0.229 e. The third-order valence-electron chi connectivity index (χ3n) is 3.43. The molecule has 1 aliphatic rings. The molecule has 1 aromatic carbocycles. The van der Waals surface area contributed by atoms with E-state index in [4.69, 9.17) is 26.2 Å². The predicted octanol–water partition coefficient (Wildman–Crippen LogP) is 1.40. The van der Waals surface area contributed by atoms with Crippen molar-refractivity contribution in [1.29, 1.82) is 0 Å². The molecule has 1 aliphatic heterocycles. The molecule has 4 N–H and O–H groups in total. The summed E-state index contributed by atoms with van der Waals surface area (Å²) in [7, 11) is 0. The Kier molecular flexibility index (Phi) is 4.13. The second-order valence-corrected chi connectivity index (χ2v) is 6.05. The van der Waals surface area contributed by atoms with Crippen molar-refractivity contribution in [3.05, 3.63) is 27.8 Å². The van der Waals surface area contributed by atoms with Crippen LogP contribution < -0.4 is 4.74 Å². The van der Waals surface area contributed by atoms with Crippen LogP contribution in [0.1, 0.15) is 0 Å². The third-order valence-corrected chi connectivity index (χ3v) is 4.62. The molecule has 1 fully saturated rings. The predicted molar refractivity (Wildman–Crippen MR) is 79.4 cm³/mol. The number of halogens is 2. The Morgan fingerprint density at radius 3 is 2.76 bits per heavy atom. The van der Waals surface area contributed by atoms with Gasteiger partial charge in [0.2, 0.25) is 6.29 Å². The van der Waals surface area contributed by atoms with Gasteiger partial charge in [-0.2, -0.15) is 0 Å². The van der Waals surface area contributed by atoms with Crippen molar-refractivity contribution < 1.29 is 24.8 Å². The van der Waals surface area contributed by atoms with E-state index in [2.05, 4.69) is 20.9 Å². The number of hydrogen-bond donors (Lipinski definition) is 4. The molecule has 1 unspecified atom stereocenters. The van der Waals surface area contributed by atoms with Crippen molar-refractivity contribution in [1.82, 2.24) is 4.98 Å². The van der Waals surface area contributed by atoms with Crippen LogP contribution in [-0.4, -0.2) is 51.5 Å². The zero-order chi connectivity index (χ0) is 15.1. The molecule has 1 aromatic heterocycles. The quantitative estimate of drug-likeness (QED) is 0.648. The minimum absolute atomic E-state index is 0.396. The minimum Gasteiger partial charge on any atom is -0.460 e. The molecule has 2 aromatic rings. The van der Waals surface area contributed by atoms with E-state index < -0.39 is 31.2 Å². The van der Waals surface area contributed by atoms with Crippen molar-refractivity contribution in [2.75, 3.05) is 6.61 Å². The topological polar surface area (TPSA) is 94.9 Å². The minimum atomic E-state index is -1.23. The van der Waals surface area contributed by atoms with Crippen LogP contribution in [0, 0.1) is 0 Å². The Hall–Kier alpha value is -0.830. The zero-order valence-electron chi connectivity index (χ0n) is 10.7. The normalized spacial score (nSPS) is 29.2. The number of aliphatic hydroxyl groups is 3. The average molecular weight is 379 g/mol.